The topological polar surface area (TPSA) is 75.6 Å². The first kappa shape index (κ1) is 19.5. The Morgan fingerprint density at radius 3 is 2.50 bits per heavy atom. The fraction of sp³-hybridized carbons (Fsp3) is 0.333. The van der Waals surface area contributed by atoms with E-state index in [4.69, 9.17) is 9.84 Å². The molecule has 0 saturated carbocycles. The maximum atomic E-state index is 12.2. The van der Waals surface area contributed by atoms with Crippen molar-refractivity contribution in [1.29, 1.82) is 0 Å². The Labute approximate surface area is 154 Å². The molecule has 0 aliphatic rings. The molecule has 2 aromatic carbocycles. The van der Waals surface area contributed by atoms with Gasteiger partial charge in [0.25, 0.3) is 0 Å². The Morgan fingerprint density at radius 1 is 1.08 bits per heavy atom. The van der Waals surface area contributed by atoms with Gasteiger partial charge in [-0.05, 0) is 49.1 Å². The van der Waals surface area contributed by atoms with Crippen molar-refractivity contribution >= 4 is 11.9 Å². The Hall–Kier alpha value is -2.82. The van der Waals surface area contributed by atoms with Gasteiger partial charge in [-0.2, -0.15) is 0 Å². The van der Waals surface area contributed by atoms with Crippen molar-refractivity contribution in [2.45, 2.75) is 39.7 Å². The fourth-order valence-electron chi connectivity index (χ4n) is 2.54. The minimum absolute atomic E-state index is 0.00676. The van der Waals surface area contributed by atoms with Gasteiger partial charge < -0.3 is 15.2 Å². The third kappa shape index (κ3) is 6.59. The number of hydrogen-bond donors (Lipinski definition) is 2. The molecule has 2 aromatic rings. The van der Waals surface area contributed by atoms with Crippen LogP contribution in [0.4, 0.5) is 0 Å². The van der Waals surface area contributed by atoms with Crippen molar-refractivity contribution in [3.05, 3.63) is 64.7 Å². The third-order valence-electron chi connectivity index (χ3n) is 4.07. The molecule has 138 valence electrons. The molecule has 0 atom stereocenters. The summed E-state index contributed by atoms with van der Waals surface area (Å²) in [4.78, 5) is 22.6. The van der Waals surface area contributed by atoms with Gasteiger partial charge in [0.15, 0.2) is 0 Å². The van der Waals surface area contributed by atoms with Crippen LogP contribution in [0.5, 0.6) is 5.75 Å². The standard InChI is InChI=1S/C21H25NO4/c1-15-5-6-16(2)18(12-15)13-20(23)22-14-17-7-9-19(10-8-17)26-11-3-4-21(24)25/h5-10,12H,3-4,11,13-14H2,1-2H3,(H,22,23)(H,24,25). The smallest absolute Gasteiger partial charge is 0.303 e. The largest absolute Gasteiger partial charge is 0.494 e. The predicted octanol–water partition coefficient (Wildman–Crippen LogP) is 3.41. The highest BCUT2D eigenvalue weighted by Crippen LogP contribution is 2.14. The Bertz CT molecular complexity index is 753. The van der Waals surface area contributed by atoms with Crippen LogP contribution >= 0.6 is 0 Å². The molecule has 1 amide bonds. The highest BCUT2D eigenvalue weighted by molar-refractivity contribution is 5.79. The van der Waals surface area contributed by atoms with Gasteiger partial charge in [-0.15, -0.1) is 0 Å². The second-order valence-electron chi connectivity index (χ2n) is 6.37. The summed E-state index contributed by atoms with van der Waals surface area (Å²) in [6.07, 6.45) is 0.953. The summed E-state index contributed by atoms with van der Waals surface area (Å²) in [6.45, 7) is 4.87. The number of carboxylic acids is 1. The number of hydrogen-bond acceptors (Lipinski definition) is 3. The molecule has 0 fully saturated rings. The number of carbonyl (C=O) groups excluding carboxylic acids is 1. The average molecular weight is 355 g/mol. The average Bonchev–Trinajstić information content (AvgIpc) is 2.61. The molecule has 0 aromatic heterocycles. The lowest BCUT2D eigenvalue weighted by Gasteiger charge is -2.09. The Morgan fingerprint density at radius 2 is 1.81 bits per heavy atom. The van der Waals surface area contributed by atoms with Crippen LogP contribution < -0.4 is 10.1 Å². The Kier molecular flexibility index (Phi) is 7.21. The molecule has 5 nitrogen and oxygen atoms in total. The molecule has 0 radical (unpaired) electrons. The number of ether oxygens (including phenoxy) is 1. The number of rotatable bonds is 9. The molecule has 0 spiro atoms. The summed E-state index contributed by atoms with van der Waals surface area (Å²) >= 11 is 0. The van der Waals surface area contributed by atoms with E-state index < -0.39 is 5.97 Å². The van der Waals surface area contributed by atoms with E-state index in [-0.39, 0.29) is 12.3 Å². The fourth-order valence-corrected chi connectivity index (χ4v) is 2.54. The first-order valence-corrected chi connectivity index (χ1v) is 8.70. The zero-order valence-corrected chi connectivity index (χ0v) is 15.2. The molecule has 0 aliphatic heterocycles. The Balaban J connectivity index is 1.77. The van der Waals surface area contributed by atoms with E-state index in [1.807, 2.05) is 56.3 Å². The van der Waals surface area contributed by atoms with Gasteiger partial charge >= 0.3 is 5.97 Å². The predicted molar refractivity (Wildman–Crippen MR) is 100 cm³/mol. The van der Waals surface area contributed by atoms with E-state index in [0.29, 0.717) is 31.7 Å². The van der Waals surface area contributed by atoms with Crippen molar-refractivity contribution in [2.24, 2.45) is 0 Å². The first-order valence-electron chi connectivity index (χ1n) is 8.70. The zero-order chi connectivity index (χ0) is 18.9. The van der Waals surface area contributed by atoms with E-state index in [1.54, 1.807) is 0 Å². The van der Waals surface area contributed by atoms with Crippen LogP contribution in [0.25, 0.3) is 0 Å². The van der Waals surface area contributed by atoms with Gasteiger partial charge in [0.1, 0.15) is 5.75 Å². The monoisotopic (exact) mass is 355 g/mol. The van der Waals surface area contributed by atoms with Crippen LogP contribution in [0.1, 0.15) is 35.1 Å². The molecule has 26 heavy (non-hydrogen) atoms. The number of amides is 1. The second-order valence-corrected chi connectivity index (χ2v) is 6.37. The third-order valence-corrected chi connectivity index (χ3v) is 4.07. The maximum absolute atomic E-state index is 12.2. The summed E-state index contributed by atoms with van der Waals surface area (Å²) in [5.41, 5.74) is 4.30. The molecule has 2 N–H and O–H groups in total. The molecule has 5 heteroatoms. The number of nitrogens with one attached hydrogen (secondary N) is 1. The summed E-state index contributed by atoms with van der Waals surface area (Å²) in [6, 6.07) is 13.6. The summed E-state index contributed by atoms with van der Waals surface area (Å²) < 4.78 is 5.49. The maximum Gasteiger partial charge on any atom is 0.303 e. The number of aryl methyl sites for hydroxylation is 2. The van der Waals surface area contributed by atoms with Crippen LogP contribution in [0.2, 0.25) is 0 Å². The number of carboxylic acid groups (broad SMARTS) is 1. The van der Waals surface area contributed by atoms with E-state index in [2.05, 4.69) is 5.32 Å². The lowest BCUT2D eigenvalue weighted by atomic mass is 10.0. The minimum atomic E-state index is -0.819. The van der Waals surface area contributed by atoms with E-state index in [1.165, 1.54) is 0 Å². The van der Waals surface area contributed by atoms with Crippen molar-refractivity contribution in [1.82, 2.24) is 5.32 Å². The highest BCUT2D eigenvalue weighted by atomic mass is 16.5. The minimum Gasteiger partial charge on any atom is -0.494 e. The quantitative estimate of drug-likeness (QED) is 0.676. The lowest BCUT2D eigenvalue weighted by molar-refractivity contribution is -0.137. The van der Waals surface area contributed by atoms with Crippen molar-refractivity contribution in [3.63, 3.8) is 0 Å². The number of benzene rings is 2. The molecule has 0 heterocycles. The zero-order valence-electron chi connectivity index (χ0n) is 15.2. The second kappa shape index (κ2) is 9.61. The number of carbonyl (C=O) groups is 2. The van der Waals surface area contributed by atoms with Crippen molar-refractivity contribution in [2.75, 3.05) is 6.61 Å². The summed E-state index contributed by atoms with van der Waals surface area (Å²) in [7, 11) is 0. The molecular formula is C21H25NO4. The van der Waals surface area contributed by atoms with E-state index in [0.717, 1.165) is 22.3 Å². The van der Waals surface area contributed by atoms with Crippen molar-refractivity contribution in [3.8, 4) is 5.75 Å². The summed E-state index contributed by atoms with van der Waals surface area (Å²) in [5.74, 6) is -0.130. The van der Waals surface area contributed by atoms with Crippen LogP contribution in [0, 0.1) is 13.8 Å². The highest BCUT2D eigenvalue weighted by Gasteiger charge is 2.06. The molecule has 2 rings (SSSR count). The van der Waals surface area contributed by atoms with Gasteiger partial charge in [-0.25, -0.2) is 0 Å². The van der Waals surface area contributed by atoms with Crippen LogP contribution in [-0.2, 0) is 22.6 Å². The first-order chi connectivity index (χ1) is 12.4. The normalized spacial score (nSPS) is 10.4. The van der Waals surface area contributed by atoms with E-state index in [9.17, 15) is 9.59 Å². The van der Waals surface area contributed by atoms with Crippen LogP contribution in [-0.4, -0.2) is 23.6 Å². The van der Waals surface area contributed by atoms with Gasteiger partial charge in [0, 0.05) is 13.0 Å². The summed E-state index contributed by atoms with van der Waals surface area (Å²) in [5, 5.41) is 11.5. The SMILES string of the molecule is Cc1ccc(C)c(CC(=O)NCc2ccc(OCCCC(=O)O)cc2)c1. The molecule has 0 saturated heterocycles. The van der Waals surface area contributed by atoms with Gasteiger partial charge in [-0.1, -0.05) is 35.9 Å². The van der Waals surface area contributed by atoms with E-state index >= 15 is 0 Å². The molecular weight excluding hydrogens is 330 g/mol. The number of aliphatic carboxylic acids is 1. The van der Waals surface area contributed by atoms with Gasteiger partial charge in [-0.3, -0.25) is 9.59 Å². The molecule has 0 bridgehead atoms. The van der Waals surface area contributed by atoms with Crippen LogP contribution in [0.3, 0.4) is 0 Å². The van der Waals surface area contributed by atoms with Crippen LogP contribution in [0.15, 0.2) is 42.5 Å². The van der Waals surface area contributed by atoms with Crippen molar-refractivity contribution < 1.29 is 19.4 Å². The lowest BCUT2D eigenvalue weighted by Crippen LogP contribution is -2.24. The molecule has 0 aliphatic carbocycles. The molecule has 0 unspecified atom stereocenters. The van der Waals surface area contributed by atoms with Gasteiger partial charge in [0.05, 0.1) is 13.0 Å². The van der Waals surface area contributed by atoms with Gasteiger partial charge in [0.2, 0.25) is 5.91 Å².